The molecule has 5 nitrogen and oxygen atoms in total. The molecule has 20 heavy (non-hydrogen) atoms. The third-order valence-electron chi connectivity index (χ3n) is 3.84. The van der Waals surface area contributed by atoms with Gasteiger partial charge in [0.1, 0.15) is 5.54 Å². The van der Waals surface area contributed by atoms with E-state index < -0.39 is 17.5 Å². The van der Waals surface area contributed by atoms with Crippen LogP contribution in [0.2, 0.25) is 0 Å². The summed E-state index contributed by atoms with van der Waals surface area (Å²) in [7, 11) is 0. The predicted molar refractivity (Wildman–Crippen MR) is 76.8 cm³/mol. The predicted octanol–water partition coefficient (Wildman–Crippen LogP) is 2.68. The number of aryl methyl sites for hydroxylation is 2. The molecule has 1 aliphatic carbocycles. The third kappa shape index (κ3) is 2.92. The van der Waals surface area contributed by atoms with Gasteiger partial charge in [0.2, 0.25) is 0 Å². The van der Waals surface area contributed by atoms with Crippen molar-refractivity contribution in [1.82, 2.24) is 5.32 Å². The van der Waals surface area contributed by atoms with Crippen LogP contribution in [0.5, 0.6) is 0 Å². The largest absolute Gasteiger partial charge is 0.480 e. The number of amides is 2. The zero-order chi connectivity index (χ0) is 14.9. The number of rotatable bonds is 4. The van der Waals surface area contributed by atoms with Gasteiger partial charge in [0.15, 0.2) is 0 Å². The Hall–Kier alpha value is -2.04. The highest BCUT2D eigenvalue weighted by atomic mass is 16.4. The first kappa shape index (κ1) is 14.4. The number of anilines is 1. The molecule has 0 bridgehead atoms. The highest BCUT2D eigenvalue weighted by Crippen LogP contribution is 2.39. The van der Waals surface area contributed by atoms with Gasteiger partial charge in [-0.3, -0.25) is 0 Å². The topological polar surface area (TPSA) is 78.4 Å². The number of carboxylic acids is 1. The molecule has 1 aromatic rings. The monoisotopic (exact) mass is 276 g/mol. The smallest absolute Gasteiger partial charge is 0.329 e. The van der Waals surface area contributed by atoms with Crippen molar-refractivity contribution in [3.05, 3.63) is 29.3 Å². The van der Waals surface area contributed by atoms with Gasteiger partial charge >= 0.3 is 12.0 Å². The molecular formula is C15H20N2O3. The Morgan fingerprint density at radius 1 is 1.30 bits per heavy atom. The van der Waals surface area contributed by atoms with E-state index in [1.807, 2.05) is 32.0 Å². The maximum atomic E-state index is 12.0. The Morgan fingerprint density at radius 2 is 1.95 bits per heavy atom. The summed E-state index contributed by atoms with van der Waals surface area (Å²) in [6.45, 7) is 5.44. The quantitative estimate of drug-likeness (QED) is 0.791. The van der Waals surface area contributed by atoms with Crippen LogP contribution in [0.4, 0.5) is 10.5 Å². The molecule has 0 aromatic heterocycles. The first-order valence-electron chi connectivity index (χ1n) is 6.73. The zero-order valence-corrected chi connectivity index (χ0v) is 12.0. The SMILES string of the molecule is Cc1ccc(NC(=O)NC(C)(C(=O)O)C2CC2)c(C)c1. The average Bonchev–Trinajstić information content (AvgIpc) is 3.16. The average molecular weight is 276 g/mol. The van der Waals surface area contributed by atoms with E-state index in [0.717, 1.165) is 24.0 Å². The lowest BCUT2D eigenvalue weighted by Crippen LogP contribution is -2.55. The van der Waals surface area contributed by atoms with Crippen LogP contribution in [0.1, 0.15) is 30.9 Å². The van der Waals surface area contributed by atoms with Crippen LogP contribution in [-0.4, -0.2) is 22.6 Å². The molecule has 3 N–H and O–H groups in total. The second-order valence-electron chi connectivity index (χ2n) is 5.68. The summed E-state index contributed by atoms with van der Waals surface area (Å²) in [5.41, 5.74) is 1.56. The number of nitrogens with one attached hydrogen (secondary N) is 2. The first-order valence-corrected chi connectivity index (χ1v) is 6.73. The maximum Gasteiger partial charge on any atom is 0.329 e. The van der Waals surface area contributed by atoms with Gasteiger partial charge in [-0.1, -0.05) is 17.7 Å². The molecular weight excluding hydrogens is 256 g/mol. The molecule has 0 radical (unpaired) electrons. The van der Waals surface area contributed by atoms with Crippen molar-refractivity contribution in [2.75, 3.05) is 5.32 Å². The van der Waals surface area contributed by atoms with Crippen molar-refractivity contribution in [2.45, 2.75) is 39.2 Å². The molecule has 0 aliphatic heterocycles. The van der Waals surface area contributed by atoms with Gasteiger partial charge in [0.05, 0.1) is 0 Å². The van der Waals surface area contributed by atoms with Gasteiger partial charge in [-0.2, -0.15) is 0 Å². The minimum absolute atomic E-state index is 0.0184. The Bertz CT molecular complexity index is 552. The van der Waals surface area contributed by atoms with Crippen molar-refractivity contribution in [2.24, 2.45) is 5.92 Å². The molecule has 0 saturated heterocycles. The molecule has 0 heterocycles. The molecule has 1 aliphatic rings. The second kappa shape index (κ2) is 5.15. The Morgan fingerprint density at radius 3 is 2.45 bits per heavy atom. The van der Waals surface area contributed by atoms with E-state index in [1.165, 1.54) is 0 Å². The highest BCUT2D eigenvalue weighted by Gasteiger charge is 2.48. The minimum Gasteiger partial charge on any atom is -0.480 e. The van der Waals surface area contributed by atoms with Crippen LogP contribution in [0.15, 0.2) is 18.2 Å². The normalized spacial score (nSPS) is 17.1. The van der Waals surface area contributed by atoms with Crippen molar-refractivity contribution in [3.63, 3.8) is 0 Å². The Kier molecular flexibility index (Phi) is 3.70. The van der Waals surface area contributed by atoms with Crippen molar-refractivity contribution in [1.29, 1.82) is 0 Å². The van der Waals surface area contributed by atoms with Crippen LogP contribution >= 0.6 is 0 Å². The lowest BCUT2D eigenvalue weighted by molar-refractivity contribution is -0.144. The van der Waals surface area contributed by atoms with E-state index >= 15 is 0 Å². The Labute approximate surface area is 118 Å². The lowest BCUT2D eigenvalue weighted by Gasteiger charge is -2.26. The first-order chi connectivity index (χ1) is 9.33. The zero-order valence-electron chi connectivity index (χ0n) is 12.0. The number of aliphatic carboxylic acids is 1. The minimum atomic E-state index is -1.19. The number of benzene rings is 1. The van der Waals surface area contributed by atoms with E-state index in [0.29, 0.717) is 5.69 Å². The lowest BCUT2D eigenvalue weighted by atomic mass is 9.96. The third-order valence-corrected chi connectivity index (χ3v) is 3.84. The van der Waals surface area contributed by atoms with Gasteiger partial charge in [-0.15, -0.1) is 0 Å². The van der Waals surface area contributed by atoms with Gasteiger partial charge in [0.25, 0.3) is 0 Å². The van der Waals surface area contributed by atoms with Gasteiger partial charge in [-0.05, 0) is 51.2 Å². The molecule has 0 spiro atoms. The van der Waals surface area contributed by atoms with E-state index in [4.69, 9.17) is 0 Å². The molecule has 1 saturated carbocycles. The molecule has 1 unspecified atom stereocenters. The molecule has 2 amide bonds. The van der Waals surface area contributed by atoms with Gasteiger partial charge in [-0.25, -0.2) is 9.59 Å². The molecule has 2 rings (SSSR count). The summed E-state index contributed by atoms with van der Waals surface area (Å²) < 4.78 is 0. The summed E-state index contributed by atoms with van der Waals surface area (Å²) >= 11 is 0. The van der Waals surface area contributed by atoms with E-state index in [2.05, 4.69) is 10.6 Å². The van der Waals surface area contributed by atoms with Gasteiger partial charge < -0.3 is 15.7 Å². The number of carbonyl (C=O) groups excluding carboxylic acids is 1. The number of urea groups is 1. The molecule has 108 valence electrons. The van der Waals surface area contributed by atoms with Crippen LogP contribution in [0, 0.1) is 19.8 Å². The summed E-state index contributed by atoms with van der Waals surface area (Å²) in [5, 5.41) is 14.6. The fourth-order valence-electron chi connectivity index (χ4n) is 2.33. The summed E-state index contributed by atoms with van der Waals surface area (Å²) in [5.74, 6) is -0.972. The molecule has 1 aromatic carbocycles. The highest BCUT2D eigenvalue weighted by molar-refractivity contribution is 5.94. The standard InChI is InChI=1S/C15H20N2O3/c1-9-4-7-12(10(2)8-9)16-14(20)17-15(3,13(18)19)11-5-6-11/h4,7-8,11H,5-6H2,1-3H3,(H,18,19)(H2,16,17,20). The molecule has 1 fully saturated rings. The van der Waals surface area contributed by atoms with Gasteiger partial charge in [0, 0.05) is 5.69 Å². The molecule has 1 atom stereocenters. The van der Waals surface area contributed by atoms with Crippen LogP contribution in [0.3, 0.4) is 0 Å². The van der Waals surface area contributed by atoms with Crippen LogP contribution in [0.25, 0.3) is 0 Å². The fraction of sp³-hybridized carbons (Fsp3) is 0.467. The number of hydrogen-bond donors (Lipinski definition) is 3. The van der Waals surface area contributed by atoms with Crippen LogP contribution in [-0.2, 0) is 4.79 Å². The molecule has 5 heteroatoms. The van der Waals surface area contributed by atoms with Crippen molar-refractivity contribution < 1.29 is 14.7 Å². The summed E-state index contributed by atoms with van der Waals surface area (Å²) in [6.07, 6.45) is 1.68. The summed E-state index contributed by atoms with van der Waals surface area (Å²) in [4.78, 5) is 23.4. The van der Waals surface area contributed by atoms with E-state index in [1.54, 1.807) is 6.92 Å². The second-order valence-corrected chi connectivity index (χ2v) is 5.68. The number of carboxylic acid groups (broad SMARTS) is 1. The van der Waals surface area contributed by atoms with Crippen molar-refractivity contribution >= 4 is 17.7 Å². The number of hydrogen-bond acceptors (Lipinski definition) is 2. The summed E-state index contributed by atoms with van der Waals surface area (Å²) in [6, 6.07) is 5.21. The maximum absolute atomic E-state index is 12.0. The fourth-order valence-corrected chi connectivity index (χ4v) is 2.33. The number of carbonyl (C=O) groups is 2. The van der Waals surface area contributed by atoms with Crippen LogP contribution < -0.4 is 10.6 Å². The van der Waals surface area contributed by atoms with E-state index in [9.17, 15) is 14.7 Å². The van der Waals surface area contributed by atoms with E-state index in [-0.39, 0.29) is 5.92 Å². The Balaban J connectivity index is 2.06. The van der Waals surface area contributed by atoms with Crippen molar-refractivity contribution in [3.8, 4) is 0 Å².